The third-order valence-corrected chi connectivity index (χ3v) is 4.41. The van der Waals surface area contributed by atoms with Crippen molar-refractivity contribution in [3.8, 4) is 0 Å². The Balaban J connectivity index is 2.25. The summed E-state index contributed by atoms with van der Waals surface area (Å²) in [6.07, 6.45) is 1.37. The molecule has 4 heteroatoms. The molecule has 0 spiro atoms. The molecular weight excluding hydrogens is 314 g/mol. The van der Waals surface area contributed by atoms with E-state index < -0.39 is 0 Å². The van der Waals surface area contributed by atoms with Crippen LogP contribution >= 0.6 is 27.5 Å². The largest absolute Gasteiger partial charge is 0.375 e. The van der Waals surface area contributed by atoms with Crippen LogP contribution < -0.4 is 4.90 Å². The van der Waals surface area contributed by atoms with E-state index in [2.05, 4.69) is 52.9 Å². The van der Waals surface area contributed by atoms with Gasteiger partial charge in [0, 0.05) is 22.6 Å². The van der Waals surface area contributed by atoms with E-state index in [4.69, 9.17) is 16.3 Å². The number of anilines is 1. The number of nitrogens with zero attached hydrogens (tertiary/aromatic N) is 1. The number of alkyl halides is 1. The molecule has 100 valence electrons. The lowest BCUT2D eigenvalue weighted by atomic mass is 10.1. The Labute approximate surface area is 122 Å². The van der Waals surface area contributed by atoms with Crippen molar-refractivity contribution >= 4 is 33.2 Å². The van der Waals surface area contributed by atoms with Gasteiger partial charge in [0.15, 0.2) is 0 Å². The zero-order valence-electron chi connectivity index (χ0n) is 10.8. The molecule has 18 heavy (non-hydrogen) atoms. The summed E-state index contributed by atoms with van der Waals surface area (Å²) in [7, 11) is 0. The molecule has 1 aliphatic rings. The van der Waals surface area contributed by atoms with Crippen molar-refractivity contribution < 1.29 is 4.74 Å². The van der Waals surface area contributed by atoms with E-state index >= 15 is 0 Å². The highest BCUT2D eigenvalue weighted by atomic mass is 79.9. The van der Waals surface area contributed by atoms with Gasteiger partial charge in [0.25, 0.3) is 0 Å². The van der Waals surface area contributed by atoms with Gasteiger partial charge < -0.3 is 9.64 Å². The molecule has 2 atom stereocenters. The molecule has 1 heterocycles. The average Bonchev–Trinajstić information content (AvgIpc) is 2.38. The smallest absolute Gasteiger partial charge is 0.0723 e. The summed E-state index contributed by atoms with van der Waals surface area (Å²) in [6, 6.07) is 6.77. The fourth-order valence-corrected chi connectivity index (χ4v) is 3.21. The summed E-state index contributed by atoms with van der Waals surface area (Å²) in [6.45, 7) is 6.05. The van der Waals surface area contributed by atoms with Crippen molar-refractivity contribution in [2.75, 3.05) is 18.1 Å². The van der Waals surface area contributed by atoms with E-state index in [1.807, 2.05) is 0 Å². The molecule has 1 fully saturated rings. The summed E-state index contributed by atoms with van der Waals surface area (Å²) in [5, 5.41) is 1.63. The van der Waals surface area contributed by atoms with Gasteiger partial charge in [-0.2, -0.15) is 0 Å². The van der Waals surface area contributed by atoms with Crippen molar-refractivity contribution in [3.63, 3.8) is 0 Å². The first-order valence-corrected chi connectivity index (χ1v) is 7.88. The van der Waals surface area contributed by atoms with Gasteiger partial charge in [-0.15, -0.1) is 0 Å². The van der Waals surface area contributed by atoms with E-state index in [1.165, 1.54) is 5.69 Å². The van der Waals surface area contributed by atoms with E-state index in [1.54, 1.807) is 0 Å². The van der Waals surface area contributed by atoms with E-state index in [9.17, 15) is 0 Å². The Morgan fingerprint density at radius 2 is 2.28 bits per heavy atom. The second-order valence-corrected chi connectivity index (χ2v) is 5.74. The van der Waals surface area contributed by atoms with Crippen LogP contribution in [0.1, 0.15) is 25.8 Å². The molecule has 2 unspecified atom stereocenters. The van der Waals surface area contributed by atoms with E-state index in [0.717, 1.165) is 35.5 Å². The second-order valence-electron chi connectivity index (χ2n) is 4.77. The number of hydrogen-bond donors (Lipinski definition) is 0. The van der Waals surface area contributed by atoms with Crippen molar-refractivity contribution in [3.05, 3.63) is 28.8 Å². The quantitative estimate of drug-likeness (QED) is 0.768. The minimum atomic E-state index is 0.280. The van der Waals surface area contributed by atoms with Gasteiger partial charge in [0.1, 0.15) is 0 Å². The van der Waals surface area contributed by atoms with Crippen LogP contribution in [0.15, 0.2) is 18.2 Å². The minimum absolute atomic E-state index is 0.280. The minimum Gasteiger partial charge on any atom is -0.375 e. The molecular formula is C14H19BrClNO. The molecule has 0 radical (unpaired) electrons. The van der Waals surface area contributed by atoms with Gasteiger partial charge in [-0.05, 0) is 31.0 Å². The average molecular weight is 333 g/mol. The molecule has 1 aliphatic heterocycles. The summed E-state index contributed by atoms with van der Waals surface area (Å²) in [4.78, 5) is 2.41. The number of benzene rings is 1. The van der Waals surface area contributed by atoms with Crippen LogP contribution in [0.3, 0.4) is 0 Å². The molecule has 1 aromatic carbocycles. The van der Waals surface area contributed by atoms with Crippen molar-refractivity contribution in [2.24, 2.45) is 0 Å². The lowest BCUT2D eigenvalue weighted by Gasteiger charge is -2.40. The van der Waals surface area contributed by atoms with Crippen LogP contribution in [0.2, 0.25) is 5.02 Å². The van der Waals surface area contributed by atoms with Crippen molar-refractivity contribution in [1.82, 2.24) is 0 Å². The third kappa shape index (κ3) is 3.01. The predicted octanol–water partition coefficient (Wildman–Crippen LogP) is 4.24. The fourth-order valence-electron chi connectivity index (χ4n) is 2.32. The van der Waals surface area contributed by atoms with Gasteiger partial charge in [-0.3, -0.25) is 0 Å². The first-order chi connectivity index (χ1) is 8.65. The molecule has 0 aliphatic carbocycles. The highest BCUT2D eigenvalue weighted by Crippen LogP contribution is 2.29. The van der Waals surface area contributed by atoms with Crippen LogP contribution in [-0.4, -0.2) is 25.3 Å². The third-order valence-electron chi connectivity index (χ3n) is 3.45. The Hall–Kier alpha value is -0.250. The van der Waals surface area contributed by atoms with Crippen LogP contribution in [0.5, 0.6) is 0 Å². The Kier molecular flexibility index (Phi) is 4.93. The number of hydrogen-bond acceptors (Lipinski definition) is 2. The molecule has 2 nitrogen and oxygen atoms in total. The second kappa shape index (κ2) is 6.27. The monoisotopic (exact) mass is 331 g/mol. The Morgan fingerprint density at radius 3 is 2.89 bits per heavy atom. The number of halogens is 2. The topological polar surface area (TPSA) is 12.5 Å². The first kappa shape index (κ1) is 14.2. The number of ether oxygens (including phenoxy) is 1. The summed E-state index contributed by atoms with van der Waals surface area (Å²) in [5.74, 6) is 0. The van der Waals surface area contributed by atoms with Gasteiger partial charge in [0.05, 0.1) is 18.8 Å². The molecule has 0 N–H and O–H groups in total. The summed E-state index contributed by atoms with van der Waals surface area (Å²) < 4.78 is 5.73. The lowest BCUT2D eigenvalue weighted by Crippen LogP contribution is -2.48. The lowest BCUT2D eigenvalue weighted by molar-refractivity contribution is 0.0299. The van der Waals surface area contributed by atoms with Crippen LogP contribution in [0, 0.1) is 0 Å². The molecule has 0 amide bonds. The molecule has 0 aromatic heterocycles. The molecule has 1 saturated heterocycles. The zero-order chi connectivity index (χ0) is 13.1. The van der Waals surface area contributed by atoms with Crippen molar-refractivity contribution in [1.29, 1.82) is 0 Å². The van der Waals surface area contributed by atoms with Crippen LogP contribution in [-0.2, 0) is 10.1 Å². The number of morpholine rings is 1. The van der Waals surface area contributed by atoms with Gasteiger partial charge >= 0.3 is 0 Å². The van der Waals surface area contributed by atoms with Gasteiger partial charge in [-0.1, -0.05) is 40.5 Å². The maximum Gasteiger partial charge on any atom is 0.0723 e. The normalized spacial score (nSPS) is 24.3. The predicted molar refractivity (Wildman–Crippen MR) is 80.9 cm³/mol. The highest BCUT2D eigenvalue weighted by molar-refractivity contribution is 9.08. The van der Waals surface area contributed by atoms with Gasteiger partial charge in [-0.25, -0.2) is 0 Å². The maximum atomic E-state index is 6.29. The van der Waals surface area contributed by atoms with Gasteiger partial charge in [0.2, 0.25) is 0 Å². The zero-order valence-corrected chi connectivity index (χ0v) is 13.2. The van der Waals surface area contributed by atoms with Crippen LogP contribution in [0.4, 0.5) is 5.69 Å². The first-order valence-electron chi connectivity index (χ1n) is 6.38. The SMILES string of the molecule is CCC1COC(C)CN1c1ccc(CBr)c(Cl)c1. The Morgan fingerprint density at radius 1 is 1.50 bits per heavy atom. The maximum absolute atomic E-state index is 6.29. The Bertz CT molecular complexity index is 413. The highest BCUT2D eigenvalue weighted by Gasteiger charge is 2.25. The fraction of sp³-hybridized carbons (Fsp3) is 0.571. The van der Waals surface area contributed by atoms with E-state index in [0.29, 0.717) is 6.04 Å². The van der Waals surface area contributed by atoms with Crippen molar-refractivity contribution in [2.45, 2.75) is 37.7 Å². The van der Waals surface area contributed by atoms with Crippen LogP contribution in [0.25, 0.3) is 0 Å². The molecule has 1 aromatic rings. The molecule has 2 rings (SSSR count). The van der Waals surface area contributed by atoms with E-state index in [-0.39, 0.29) is 6.10 Å². The summed E-state index contributed by atoms with van der Waals surface area (Å²) in [5.41, 5.74) is 2.33. The number of rotatable bonds is 3. The summed E-state index contributed by atoms with van der Waals surface area (Å²) >= 11 is 9.73. The molecule has 0 bridgehead atoms. The molecule has 0 saturated carbocycles. The standard InChI is InChI=1S/C14H19BrClNO/c1-3-12-9-18-10(2)8-17(12)13-5-4-11(7-15)14(16)6-13/h4-6,10,12H,3,7-9H2,1-2H3.